The Kier molecular flexibility index (Phi) is 16.8. The van der Waals surface area contributed by atoms with Crippen LogP contribution < -0.4 is 5.32 Å². The monoisotopic (exact) mass is 441 g/mol. The van der Waals surface area contributed by atoms with Crippen molar-refractivity contribution in [1.82, 2.24) is 5.32 Å². The lowest BCUT2D eigenvalue weighted by atomic mass is 9.92. The van der Waals surface area contributed by atoms with Gasteiger partial charge in [-0.2, -0.15) is 0 Å². The van der Waals surface area contributed by atoms with Gasteiger partial charge >= 0.3 is 5.97 Å². The number of rotatable bonds is 20. The van der Waals surface area contributed by atoms with Crippen LogP contribution in [0.3, 0.4) is 0 Å². The fourth-order valence-electron chi connectivity index (χ4n) is 4.50. The Bertz CT molecular complexity index is 458. The minimum absolute atomic E-state index is 0.00770. The number of carboxylic acids is 1. The molecule has 0 aliphatic carbocycles. The minimum Gasteiger partial charge on any atom is -0.477 e. The molecule has 0 fully saturated rings. The second kappa shape index (κ2) is 17.5. The maximum atomic E-state index is 13.2. The highest BCUT2D eigenvalue weighted by molar-refractivity contribution is 5.80. The normalized spacial score (nSPS) is 13.9. The summed E-state index contributed by atoms with van der Waals surface area (Å²) >= 11 is 0. The lowest BCUT2D eigenvalue weighted by molar-refractivity contribution is -0.888. The molecule has 0 saturated carbocycles. The van der Waals surface area contributed by atoms with E-state index in [1.54, 1.807) is 0 Å². The molecule has 184 valence electrons. The van der Waals surface area contributed by atoms with Crippen LogP contribution in [-0.2, 0) is 9.59 Å². The van der Waals surface area contributed by atoms with E-state index in [0.29, 0.717) is 10.9 Å². The zero-order valence-corrected chi connectivity index (χ0v) is 21.5. The Morgan fingerprint density at radius 2 is 1.16 bits per heavy atom. The van der Waals surface area contributed by atoms with E-state index >= 15 is 0 Å². The first kappa shape index (κ1) is 29.9. The molecular formula is C26H53N2O3+. The van der Waals surface area contributed by atoms with Gasteiger partial charge in [-0.3, -0.25) is 4.79 Å². The van der Waals surface area contributed by atoms with Gasteiger partial charge in [-0.25, -0.2) is 4.79 Å². The molecule has 2 atom stereocenters. The standard InChI is InChI=1S/C26H52N2O3/c1-7-10-12-14-16-18-20-22(21-19-17-15-13-11-8-2)25(29)27-23(9-3)24(26(30)31)28(4,5)6/h22-24H,7-21H2,1-6H3,(H-,27,29,30,31)/p+1. The molecule has 0 aromatic rings. The maximum Gasteiger partial charge on any atom is 0.364 e. The summed E-state index contributed by atoms with van der Waals surface area (Å²) in [6.45, 7) is 6.42. The van der Waals surface area contributed by atoms with Gasteiger partial charge < -0.3 is 14.9 Å². The molecule has 0 aliphatic heterocycles. The van der Waals surface area contributed by atoms with Crippen LogP contribution in [0, 0.1) is 5.92 Å². The van der Waals surface area contributed by atoms with E-state index in [2.05, 4.69) is 19.2 Å². The number of carbonyl (C=O) groups excluding carboxylic acids is 1. The summed E-state index contributed by atoms with van der Waals surface area (Å²) in [5, 5.41) is 12.9. The molecule has 31 heavy (non-hydrogen) atoms. The molecule has 0 radical (unpaired) electrons. The highest BCUT2D eigenvalue weighted by atomic mass is 16.4. The highest BCUT2D eigenvalue weighted by Gasteiger charge is 2.39. The molecule has 2 unspecified atom stereocenters. The number of carboxylic acid groups (broad SMARTS) is 1. The van der Waals surface area contributed by atoms with Crippen molar-refractivity contribution in [3.05, 3.63) is 0 Å². The number of nitrogens with zero attached hydrogens (tertiary/aromatic N) is 1. The van der Waals surface area contributed by atoms with Gasteiger partial charge in [-0.15, -0.1) is 0 Å². The zero-order valence-electron chi connectivity index (χ0n) is 21.5. The van der Waals surface area contributed by atoms with Crippen LogP contribution in [0.1, 0.15) is 117 Å². The Morgan fingerprint density at radius 3 is 1.52 bits per heavy atom. The van der Waals surface area contributed by atoms with Gasteiger partial charge in [0.25, 0.3) is 0 Å². The number of unbranched alkanes of at least 4 members (excludes halogenated alkanes) is 10. The van der Waals surface area contributed by atoms with Crippen LogP contribution in [0.5, 0.6) is 0 Å². The lowest BCUT2D eigenvalue weighted by Crippen LogP contribution is -2.61. The fraction of sp³-hybridized carbons (Fsp3) is 0.923. The third-order valence-electron chi connectivity index (χ3n) is 6.42. The Balaban J connectivity index is 4.90. The highest BCUT2D eigenvalue weighted by Crippen LogP contribution is 2.21. The van der Waals surface area contributed by atoms with Gasteiger partial charge in [-0.1, -0.05) is 97.8 Å². The molecule has 0 aliphatic rings. The summed E-state index contributed by atoms with van der Waals surface area (Å²) in [6, 6.07) is -0.987. The number of aliphatic carboxylic acids is 1. The Morgan fingerprint density at radius 1 is 0.742 bits per heavy atom. The van der Waals surface area contributed by atoms with E-state index in [1.807, 2.05) is 28.1 Å². The van der Waals surface area contributed by atoms with Gasteiger partial charge in [0.1, 0.15) is 0 Å². The van der Waals surface area contributed by atoms with E-state index in [0.717, 1.165) is 25.7 Å². The van der Waals surface area contributed by atoms with Crippen molar-refractivity contribution in [3.63, 3.8) is 0 Å². The van der Waals surface area contributed by atoms with Crippen molar-refractivity contribution in [2.24, 2.45) is 5.92 Å². The van der Waals surface area contributed by atoms with E-state index in [4.69, 9.17) is 0 Å². The number of nitrogens with one attached hydrogen (secondary N) is 1. The van der Waals surface area contributed by atoms with Gasteiger partial charge in [0.05, 0.1) is 27.2 Å². The van der Waals surface area contributed by atoms with Gasteiger partial charge in [0.2, 0.25) is 11.9 Å². The summed E-state index contributed by atoms with van der Waals surface area (Å²) < 4.78 is 0.299. The number of hydrogen-bond donors (Lipinski definition) is 2. The average Bonchev–Trinajstić information content (AvgIpc) is 2.69. The Hall–Kier alpha value is -1.10. The second-order valence-electron chi connectivity index (χ2n) is 10.2. The zero-order chi connectivity index (χ0) is 23.7. The molecule has 0 heterocycles. The van der Waals surface area contributed by atoms with Crippen molar-refractivity contribution >= 4 is 11.9 Å². The second-order valence-corrected chi connectivity index (χ2v) is 10.2. The number of hydrogen-bond acceptors (Lipinski definition) is 2. The van der Waals surface area contributed by atoms with Crippen LogP contribution in [-0.4, -0.2) is 54.7 Å². The van der Waals surface area contributed by atoms with Gasteiger partial charge in [0, 0.05) is 5.92 Å². The van der Waals surface area contributed by atoms with Crippen LogP contribution >= 0.6 is 0 Å². The number of carbonyl (C=O) groups is 2. The summed E-state index contributed by atoms with van der Waals surface area (Å²) in [4.78, 5) is 25.1. The third-order valence-corrected chi connectivity index (χ3v) is 6.42. The summed E-state index contributed by atoms with van der Waals surface area (Å²) in [5.74, 6) is -0.773. The maximum absolute atomic E-state index is 13.2. The molecule has 5 nitrogen and oxygen atoms in total. The Labute approximate surface area is 192 Å². The largest absolute Gasteiger partial charge is 0.477 e. The molecule has 0 rings (SSSR count). The van der Waals surface area contributed by atoms with E-state index < -0.39 is 12.0 Å². The van der Waals surface area contributed by atoms with Crippen molar-refractivity contribution in [1.29, 1.82) is 0 Å². The molecule has 2 N–H and O–H groups in total. The van der Waals surface area contributed by atoms with E-state index in [9.17, 15) is 14.7 Å². The van der Waals surface area contributed by atoms with Gasteiger partial charge in [0.15, 0.2) is 0 Å². The van der Waals surface area contributed by atoms with Crippen molar-refractivity contribution < 1.29 is 19.2 Å². The topological polar surface area (TPSA) is 66.4 Å². The first-order valence-electron chi connectivity index (χ1n) is 13.0. The molecule has 1 amide bonds. The third kappa shape index (κ3) is 13.8. The molecular weight excluding hydrogens is 388 g/mol. The fourth-order valence-corrected chi connectivity index (χ4v) is 4.50. The molecule has 0 spiro atoms. The SMILES string of the molecule is CCCCCCCCC(CCCCCCCC)C(=O)NC(CC)C(C(=O)O)[N+](C)(C)C. The van der Waals surface area contributed by atoms with Crippen LogP contribution in [0.15, 0.2) is 0 Å². The van der Waals surface area contributed by atoms with Crippen LogP contribution in [0.4, 0.5) is 0 Å². The summed E-state index contributed by atoms with van der Waals surface area (Å²) in [7, 11) is 5.66. The van der Waals surface area contributed by atoms with Crippen LogP contribution in [0.2, 0.25) is 0 Å². The summed E-state index contributed by atoms with van der Waals surface area (Å²) in [6.07, 6.45) is 17.2. The van der Waals surface area contributed by atoms with Crippen LogP contribution in [0.25, 0.3) is 0 Å². The molecule has 5 heteroatoms. The first-order valence-corrected chi connectivity index (χ1v) is 13.0. The molecule has 0 aromatic heterocycles. The predicted molar refractivity (Wildman–Crippen MR) is 131 cm³/mol. The number of quaternary nitrogens is 1. The molecule has 0 saturated heterocycles. The van der Waals surface area contributed by atoms with Crippen molar-refractivity contribution in [2.75, 3.05) is 21.1 Å². The smallest absolute Gasteiger partial charge is 0.364 e. The van der Waals surface area contributed by atoms with Crippen molar-refractivity contribution in [3.8, 4) is 0 Å². The van der Waals surface area contributed by atoms with E-state index in [-0.39, 0.29) is 17.9 Å². The van der Waals surface area contributed by atoms with Gasteiger partial charge in [-0.05, 0) is 19.3 Å². The lowest BCUT2D eigenvalue weighted by Gasteiger charge is -2.36. The minimum atomic E-state index is -0.844. The average molecular weight is 442 g/mol. The van der Waals surface area contributed by atoms with E-state index in [1.165, 1.54) is 64.2 Å². The van der Waals surface area contributed by atoms with Crippen molar-refractivity contribution in [2.45, 2.75) is 129 Å². The molecule has 0 bridgehead atoms. The quantitative estimate of drug-likeness (QED) is 0.176. The predicted octanol–water partition coefficient (Wildman–Crippen LogP) is 6.16. The summed E-state index contributed by atoms with van der Waals surface area (Å²) in [5.41, 5.74) is 0. The number of amides is 1. The number of likely N-dealkylation sites (N-methyl/N-ethyl adjacent to an activating group) is 1. The molecule has 0 aromatic carbocycles. The first-order chi connectivity index (χ1) is 14.7.